The molecule has 1 unspecified atom stereocenters. The average Bonchev–Trinajstić information content (AvgIpc) is 3.02. The number of rotatable bonds is 2. The van der Waals surface area contributed by atoms with Crippen LogP contribution in [0.1, 0.15) is 23.1 Å². The Bertz CT molecular complexity index is 745. The molecule has 2 aromatic carbocycles. The smallest absolute Gasteiger partial charge is 0.110 e. The largest absolute Gasteiger partial charge is 0.380 e. The van der Waals surface area contributed by atoms with Crippen LogP contribution in [-0.4, -0.2) is 19.0 Å². The molecule has 2 heterocycles. The number of anilines is 1. The third kappa shape index (κ3) is 2.77. The van der Waals surface area contributed by atoms with Gasteiger partial charge >= 0.3 is 0 Å². The number of benzene rings is 2. The molecule has 0 aliphatic carbocycles. The molecular formula is C20H22N2O. The van der Waals surface area contributed by atoms with Gasteiger partial charge in [-0.25, -0.2) is 0 Å². The molecule has 2 aliphatic heterocycles. The lowest BCUT2D eigenvalue weighted by atomic mass is 9.76. The summed E-state index contributed by atoms with van der Waals surface area (Å²) >= 11 is 0. The molecule has 0 saturated carbocycles. The van der Waals surface area contributed by atoms with Crippen molar-refractivity contribution in [3.63, 3.8) is 0 Å². The zero-order chi connectivity index (χ0) is 15.7. The van der Waals surface area contributed by atoms with Crippen molar-refractivity contribution in [2.75, 3.05) is 18.5 Å². The van der Waals surface area contributed by atoms with Crippen molar-refractivity contribution in [2.45, 2.75) is 26.3 Å². The molecule has 1 N–H and O–H groups in total. The summed E-state index contributed by atoms with van der Waals surface area (Å²) in [6.45, 7) is 4.43. The first-order valence-electron chi connectivity index (χ1n) is 8.28. The number of aryl methyl sites for hydroxylation is 1. The van der Waals surface area contributed by atoms with Crippen molar-refractivity contribution >= 4 is 11.5 Å². The second-order valence-corrected chi connectivity index (χ2v) is 6.70. The van der Waals surface area contributed by atoms with Gasteiger partial charge in [0.05, 0.1) is 18.6 Å². The van der Waals surface area contributed by atoms with Crippen LogP contribution in [0, 0.1) is 12.3 Å². The SMILES string of the molecule is Cc1cccc(CN=C2Nc3ccccc3CC23CCOC3)c1. The molecule has 23 heavy (non-hydrogen) atoms. The summed E-state index contributed by atoms with van der Waals surface area (Å²) < 4.78 is 5.73. The van der Waals surface area contributed by atoms with E-state index in [-0.39, 0.29) is 5.41 Å². The molecular weight excluding hydrogens is 284 g/mol. The zero-order valence-corrected chi connectivity index (χ0v) is 13.5. The molecule has 1 spiro atoms. The minimum atomic E-state index is 0.0260. The van der Waals surface area contributed by atoms with E-state index in [9.17, 15) is 0 Å². The fraction of sp³-hybridized carbons (Fsp3) is 0.350. The summed E-state index contributed by atoms with van der Waals surface area (Å²) in [6.07, 6.45) is 2.06. The fourth-order valence-corrected chi connectivity index (χ4v) is 3.63. The number of nitrogens with one attached hydrogen (secondary N) is 1. The normalized spacial score (nSPS) is 24.7. The topological polar surface area (TPSA) is 33.6 Å². The molecule has 4 rings (SSSR count). The lowest BCUT2D eigenvalue weighted by Gasteiger charge is -2.35. The number of hydrogen-bond acceptors (Lipinski definition) is 2. The van der Waals surface area contributed by atoms with E-state index < -0.39 is 0 Å². The molecule has 0 radical (unpaired) electrons. The fourth-order valence-electron chi connectivity index (χ4n) is 3.63. The van der Waals surface area contributed by atoms with Crippen LogP contribution >= 0.6 is 0 Å². The van der Waals surface area contributed by atoms with Crippen LogP contribution < -0.4 is 5.32 Å². The van der Waals surface area contributed by atoms with Gasteiger partial charge in [-0.1, -0.05) is 48.0 Å². The molecule has 0 amide bonds. The molecule has 2 aliphatic rings. The minimum Gasteiger partial charge on any atom is -0.380 e. The van der Waals surface area contributed by atoms with Gasteiger partial charge in [0.1, 0.15) is 5.84 Å². The van der Waals surface area contributed by atoms with Crippen LogP contribution in [0.5, 0.6) is 0 Å². The van der Waals surface area contributed by atoms with Gasteiger partial charge in [-0.3, -0.25) is 4.99 Å². The lowest BCUT2D eigenvalue weighted by Crippen LogP contribution is -2.42. The summed E-state index contributed by atoms with van der Waals surface area (Å²) in [4.78, 5) is 4.95. The van der Waals surface area contributed by atoms with E-state index in [1.807, 2.05) is 0 Å². The molecule has 118 valence electrons. The summed E-state index contributed by atoms with van der Waals surface area (Å²) in [5.74, 6) is 1.09. The molecule has 0 aromatic heterocycles. The maximum atomic E-state index is 5.73. The molecule has 2 aromatic rings. The second-order valence-electron chi connectivity index (χ2n) is 6.70. The summed E-state index contributed by atoms with van der Waals surface area (Å²) in [7, 11) is 0. The first kappa shape index (κ1) is 14.5. The van der Waals surface area contributed by atoms with Gasteiger partial charge in [0.2, 0.25) is 0 Å². The highest BCUT2D eigenvalue weighted by molar-refractivity contribution is 6.02. The highest BCUT2D eigenvalue weighted by Gasteiger charge is 2.43. The quantitative estimate of drug-likeness (QED) is 0.911. The van der Waals surface area contributed by atoms with Gasteiger partial charge in [0.25, 0.3) is 0 Å². The third-order valence-electron chi connectivity index (χ3n) is 4.91. The van der Waals surface area contributed by atoms with E-state index >= 15 is 0 Å². The Morgan fingerprint density at radius 1 is 1.17 bits per heavy atom. The van der Waals surface area contributed by atoms with E-state index in [0.717, 1.165) is 31.9 Å². The number of fused-ring (bicyclic) bond motifs is 1. The lowest BCUT2D eigenvalue weighted by molar-refractivity contribution is 0.174. The Balaban J connectivity index is 1.66. The maximum Gasteiger partial charge on any atom is 0.110 e. The third-order valence-corrected chi connectivity index (χ3v) is 4.91. The van der Waals surface area contributed by atoms with Gasteiger partial charge < -0.3 is 10.1 Å². The highest BCUT2D eigenvalue weighted by atomic mass is 16.5. The predicted octanol–water partition coefficient (Wildman–Crippen LogP) is 3.97. The van der Waals surface area contributed by atoms with Crippen LogP contribution in [-0.2, 0) is 17.7 Å². The van der Waals surface area contributed by atoms with E-state index in [2.05, 4.69) is 60.8 Å². The van der Waals surface area contributed by atoms with Crippen LogP contribution in [0.15, 0.2) is 53.5 Å². The second kappa shape index (κ2) is 5.82. The van der Waals surface area contributed by atoms with Crippen molar-refractivity contribution in [1.82, 2.24) is 0 Å². The highest BCUT2D eigenvalue weighted by Crippen LogP contribution is 2.40. The van der Waals surface area contributed by atoms with Crippen molar-refractivity contribution in [1.29, 1.82) is 0 Å². The van der Waals surface area contributed by atoms with Crippen molar-refractivity contribution in [2.24, 2.45) is 10.4 Å². The predicted molar refractivity (Wildman–Crippen MR) is 94.0 cm³/mol. The number of nitrogens with zero attached hydrogens (tertiary/aromatic N) is 1. The Morgan fingerprint density at radius 2 is 2.09 bits per heavy atom. The van der Waals surface area contributed by atoms with Gasteiger partial charge in [-0.15, -0.1) is 0 Å². The summed E-state index contributed by atoms with van der Waals surface area (Å²) in [5.41, 5.74) is 5.12. The Hall–Kier alpha value is -2.13. The minimum absolute atomic E-state index is 0.0260. The van der Waals surface area contributed by atoms with E-state index in [4.69, 9.17) is 9.73 Å². The molecule has 1 fully saturated rings. The monoisotopic (exact) mass is 306 g/mol. The Labute approximate surface area is 137 Å². The van der Waals surface area contributed by atoms with Crippen LogP contribution in [0.4, 0.5) is 5.69 Å². The van der Waals surface area contributed by atoms with Crippen molar-refractivity contribution < 1.29 is 4.74 Å². The van der Waals surface area contributed by atoms with Gasteiger partial charge in [-0.2, -0.15) is 0 Å². The Morgan fingerprint density at radius 3 is 2.91 bits per heavy atom. The van der Waals surface area contributed by atoms with Crippen LogP contribution in [0.2, 0.25) is 0 Å². The maximum absolute atomic E-state index is 5.73. The van der Waals surface area contributed by atoms with Gasteiger partial charge in [0.15, 0.2) is 0 Å². The number of hydrogen-bond donors (Lipinski definition) is 1. The molecule has 3 heteroatoms. The van der Waals surface area contributed by atoms with E-state index in [1.54, 1.807) is 0 Å². The van der Waals surface area contributed by atoms with Crippen molar-refractivity contribution in [3.05, 3.63) is 65.2 Å². The number of ether oxygens (including phenoxy) is 1. The first-order chi connectivity index (χ1) is 11.3. The molecule has 1 atom stereocenters. The first-order valence-corrected chi connectivity index (χ1v) is 8.28. The number of para-hydroxylation sites is 1. The zero-order valence-electron chi connectivity index (χ0n) is 13.5. The molecule has 3 nitrogen and oxygen atoms in total. The number of amidine groups is 1. The van der Waals surface area contributed by atoms with E-state index in [1.165, 1.54) is 22.4 Å². The molecule has 1 saturated heterocycles. The van der Waals surface area contributed by atoms with E-state index in [0.29, 0.717) is 6.54 Å². The van der Waals surface area contributed by atoms with Gasteiger partial charge in [0, 0.05) is 12.3 Å². The number of aliphatic imine (C=N–C) groups is 1. The standard InChI is InChI=1S/C20H22N2O/c1-15-5-4-6-16(11-15)13-21-19-20(9-10-23-14-20)12-17-7-2-3-8-18(17)22-19/h2-8,11H,9-10,12-14H2,1H3,(H,21,22). The van der Waals surface area contributed by atoms with Crippen LogP contribution in [0.3, 0.4) is 0 Å². The van der Waals surface area contributed by atoms with Gasteiger partial charge in [-0.05, 0) is 37.0 Å². The van der Waals surface area contributed by atoms with Crippen molar-refractivity contribution in [3.8, 4) is 0 Å². The molecule has 0 bridgehead atoms. The Kier molecular flexibility index (Phi) is 3.66. The summed E-state index contributed by atoms with van der Waals surface area (Å²) in [5, 5.41) is 3.58. The average molecular weight is 306 g/mol. The van der Waals surface area contributed by atoms with Crippen LogP contribution in [0.25, 0.3) is 0 Å². The summed E-state index contributed by atoms with van der Waals surface area (Å²) in [6, 6.07) is 17.1.